The van der Waals surface area contributed by atoms with Gasteiger partial charge in [0.2, 0.25) is 5.91 Å². The lowest BCUT2D eigenvalue weighted by Crippen LogP contribution is -2.49. The Morgan fingerprint density at radius 1 is 1.12 bits per heavy atom. The van der Waals surface area contributed by atoms with Crippen molar-refractivity contribution in [3.8, 4) is 5.75 Å². The fourth-order valence-electron chi connectivity index (χ4n) is 3.43. The molecule has 0 bridgehead atoms. The smallest absolute Gasteiger partial charge is 0.223 e. The van der Waals surface area contributed by atoms with Crippen molar-refractivity contribution in [2.45, 2.75) is 19.8 Å². The molecule has 0 spiro atoms. The van der Waals surface area contributed by atoms with Gasteiger partial charge in [-0.05, 0) is 42.7 Å². The summed E-state index contributed by atoms with van der Waals surface area (Å²) >= 11 is 6.14. The second kappa shape index (κ2) is 8.45. The van der Waals surface area contributed by atoms with E-state index < -0.39 is 0 Å². The van der Waals surface area contributed by atoms with Crippen LogP contribution in [0.3, 0.4) is 0 Å². The molecule has 0 aromatic heterocycles. The summed E-state index contributed by atoms with van der Waals surface area (Å²) in [5.41, 5.74) is 3.46. The lowest BCUT2D eigenvalue weighted by atomic mass is 10.1. The topological polar surface area (TPSA) is 32.8 Å². The van der Waals surface area contributed by atoms with Crippen molar-refractivity contribution in [3.05, 3.63) is 58.6 Å². The van der Waals surface area contributed by atoms with Crippen molar-refractivity contribution >= 4 is 23.2 Å². The molecule has 5 heteroatoms. The number of nitrogens with zero attached hydrogens (tertiary/aromatic N) is 2. The van der Waals surface area contributed by atoms with E-state index in [0.29, 0.717) is 12.8 Å². The predicted molar refractivity (Wildman–Crippen MR) is 106 cm³/mol. The number of rotatable bonds is 5. The highest BCUT2D eigenvalue weighted by Gasteiger charge is 2.22. The fraction of sp³-hybridized carbons (Fsp3) is 0.381. The molecule has 1 aliphatic rings. The molecule has 1 heterocycles. The summed E-state index contributed by atoms with van der Waals surface area (Å²) in [7, 11) is 1.66. The molecule has 0 aliphatic carbocycles. The summed E-state index contributed by atoms with van der Waals surface area (Å²) in [6.45, 7) is 5.26. The second-order valence-electron chi connectivity index (χ2n) is 6.61. The molecular weight excluding hydrogens is 348 g/mol. The minimum atomic E-state index is 0.207. The molecule has 4 nitrogen and oxygen atoms in total. The summed E-state index contributed by atoms with van der Waals surface area (Å²) in [5, 5.41) is 0.751. The van der Waals surface area contributed by atoms with Crippen LogP contribution in [0, 0.1) is 6.92 Å². The van der Waals surface area contributed by atoms with Crippen LogP contribution in [-0.4, -0.2) is 44.1 Å². The van der Waals surface area contributed by atoms with Gasteiger partial charge in [-0.2, -0.15) is 0 Å². The number of hydrogen-bond acceptors (Lipinski definition) is 3. The minimum absolute atomic E-state index is 0.207. The number of anilines is 1. The van der Waals surface area contributed by atoms with Gasteiger partial charge in [-0.3, -0.25) is 4.79 Å². The van der Waals surface area contributed by atoms with E-state index in [1.807, 2.05) is 47.4 Å². The van der Waals surface area contributed by atoms with Gasteiger partial charge in [0.05, 0.1) is 7.11 Å². The SMILES string of the molecule is COc1ccccc1CCC(=O)N1CCN(c2cc(Cl)ccc2C)CC1. The fourth-order valence-corrected chi connectivity index (χ4v) is 3.60. The average molecular weight is 373 g/mol. The number of aryl methyl sites for hydroxylation is 2. The summed E-state index contributed by atoms with van der Waals surface area (Å²) in [6.07, 6.45) is 1.22. The zero-order chi connectivity index (χ0) is 18.5. The van der Waals surface area contributed by atoms with Crippen LogP contribution in [0.1, 0.15) is 17.5 Å². The molecule has 138 valence electrons. The van der Waals surface area contributed by atoms with Gasteiger partial charge in [0.25, 0.3) is 0 Å². The van der Waals surface area contributed by atoms with Gasteiger partial charge >= 0.3 is 0 Å². The van der Waals surface area contributed by atoms with Gasteiger partial charge in [0, 0.05) is 43.3 Å². The Morgan fingerprint density at radius 2 is 1.85 bits per heavy atom. The highest BCUT2D eigenvalue weighted by molar-refractivity contribution is 6.30. The van der Waals surface area contributed by atoms with E-state index >= 15 is 0 Å². The van der Waals surface area contributed by atoms with Crippen LogP contribution in [0.15, 0.2) is 42.5 Å². The monoisotopic (exact) mass is 372 g/mol. The summed E-state index contributed by atoms with van der Waals surface area (Å²) in [4.78, 5) is 16.9. The number of para-hydroxylation sites is 1. The van der Waals surface area contributed by atoms with Gasteiger partial charge in [-0.15, -0.1) is 0 Å². The number of benzene rings is 2. The van der Waals surface area contributed by atoms with Crippen LogP contribution < -0.4 is 9.64 Å². The van der Waals surface area contributed by atoms with Crippen LogP contribution in [0.25, 0.3) is 0 Å². The Labute approximate surface area is 160 Å². The van der Waals surface area contributed by atoms with Crippen molar-refractivity contribution in [1.29, 1.82) is 0 Å². The van der Waals surface area contributed by atoms with Crippen LogP contribution in [0.2, 0.25) is 5.02 Å². The number of carbonyl (C=O) groups is 1. The maximum atomic E-state index is 12.6. The largest absolute Gasteiger partial charge is 0.496 e. The molecule has 0 radical (unpaired) electrons. The van der Waals surface area contributed by atoms with Crippen molar-refractivity contribution in [1.82, 2.24) is 4.90 Å². The number of piperazine rings is 1. The molecule has 1 saturated heterocycles. The van der Waals surface area contributed by atoms with E-state index in [2.05, 4.69) is 11.8 Å². The average Bonchev–Trinajstić information content (AvgIpc) is 2.68. The van der Waals surface area contributed by atoms with E-state index in [1.54, 1.807) is 7.11 Å². The third kappa shape index (κ3) is 4.31. The van der Waals surface area contributed by atoms with E-state index in [-0.39, 0.29) is 5.91 Å². The van der Waals surface area contributed by atoms with E-state index in [4.69, 9.17) is 16.3 Å². The third-order valence-electron chi connectivity index (χ3n) is 4.94. The van der Waals surface area contributed by atoms with Gasteiger partial charge in [0.15, 0.2) is 0 Å². The lowest BCUT2D eigenvalue weighted by Gasteiger charge is -2.37. The van der Waals surface area contributed by atoms with Gasteiger partial charge < -0.3 is 14.5 Å². The molecule has 3 rings (SSSR count). The van der Waals surface area contributed by atoms with Gasteiger partial charge in [-0.1, -0.05) is 35.9 Å². The molecule has 1 aliphatic heterocycles. The molecule has 26 heavy (non-hydrogen) atoms. The molecule has 0 unspecified atom stereocenters. The molecule has 0 saturated carbocycles. The van der Waals surface area contributed by atoms with Crippen molar-refractivity contribution < 1.29 is 9.53 Å². The number of halogens is 1. The first-order valence-corrected chi connectivity index (χ1v) is 9.37. The summed E-state index contributed by atoms with van der Waals surface area (Å²) in [5.74, 6) is 1.06. The Morgan fingerprint density at radius 3 is 2.58 bits per heavy atom. The van der Waals surface area contributed by atoms with E-state index in [9.17, 15) is 4.79 Å². The van der Waals surface area contributed by atoms with Crippen molar-refractivity contribution in [2.24, 2.45) is 0 Å². The quantitative estimate of drug-likeness (QED) is 0.797. The first-order valence-electron chi connectivity index (χ1n) is 8.99. The molecule has 2 aromatic carbocycles. The normalized spacial score (nSPS) is 14.4. The molecule has 1 fully saturated rings. The van der Waals surface area contributed by atoms with Crippen LogP contribution in [0.4, 0.5) is 5.69 Å². The van der Waals surface area contributed by atoms with Crippen LogP contribution >= 0.6 is 11.6 Å². The summed E-state index contributed by atoms with van der Waals surface area (Å²) in [6, 6.07) is 13.9. The maximum absolute atomic E-state index is 12.6. The van der Waals surface area contributed by atoms with Crippen LogP contribution in [-0.2, 0) is 11.2 Å². The number of ether oxygens (including phenoxy) is 1. The van der Waals surface area contributed by atoms with Crippen molar-refractivity contribution in [2.75, 3.05) is 38.2 Å². The minimum Gasteiger partial charge on any atom is -0.496 e. The molecule has 0 N–H and O–H groups in total. The Bertz CT molecular complexity index is 770. The number of hydrogen-bond donors (Lipinski definition) is 0. The molecular formula is C21H25ClN2O2. The number of carbonyl (C=O) groups excluding carboxylic acids is 1. The Balaban J connectivity index is 1.54. The maximum Gasteiger partial charge on any atom is 0.223 e. The second-order valence-corrected chi connectivity index (χ2v) is 7.05. The lowest BCUT2D eigenvalue weighted by molar-refractivity contribution is -0.131. The van der Waals surface area contributed by atoms with Gasteiger partial charge in [0.1, 0.15) is 5.75 Å². The highest BCUT2D eigenvalue weighted by atomic mass is 35.5. The predicted octanol–water partition coefficient (Wildman–Crippen LogP) is 3.94. The zero-order valence-electron chi connectivity index (χ0n) is 15.4. The standard InChI is InChI=1S/C21H25ClN2O2/c1-16-7-9-18(22)15-19(16)23-11-13-24(14-12-23)21(25)10-8-17-5-3-4-6-20(17)26-2/h3-7,9,15H,8,10-14H2,1-2H3. The van der Waals surface area contributed by atoms with Crippen molar-refractivity contribution in [3.63, 3.8) is 0 Å². The first kappa shape index (κ1) is 18.6. The van der Waals surface area contributed by atoms with E-state index in [0.717, 1.165) is 42.5 Å². The molecule has 0 atom stereocenters. The highest BCUT2D eigenvalue weighted by Crippen LogP contribution is 2.25. The third-order valence-corrected chi connectivity index (χ3v) is 5.18. The molecule has 2 aromatic rings. The number of methoxy groups -OCH3 is 1. The Kier molecular flexibility index (Phi) is 6.04. The van der Waals surface area contributed by atoms with Crippen LogP contribution in [0.5, 0.6) is 5.75 Å². The van der Waals surface area contributed by atoms with Gasteiger partial charge in [-0.25, -0.2) is 0 Å². The Hall–Kier alpha value is -2.20. The zero-order valence-corrected chi connectivity index (χ0v) is 16.1. The molecule has 1 amide bonds. The number of amides is 1. The van der Waals surface area contributed by atoms with E-state index in [1.165, 1.54) is 11.3 Å². The first-order chi connectivity index (χ1) is 12.6. The summed E-state index contributed by atoms with van der Waals surface area (Å²) < 4.78 is 5.36.